The van der Waals surface area contributed by atoms with Gasteiger partial charge in [-0.3, -0.25) is 4.79 Å². The quantitative estimate of drug-likeness (QED) is 0.333. The fraction of sp³-hybridized carbons (Fsp3) is 0.370. The molecule has 0 bridgehead atoms. The van der Waals surface area contributed by atoms with Gasteiger partial charge in [0, 0.05) is 18.0 Å². The largest absolute Gasteiger partial charge is 0.497 e. The Morgan fingerprint density at radius 3 is 2.35 bits per heavy atom. The molecule has 0 fully saturated rings. The molecule has 10 heteroatoms. The molecule has 0 spiro atoms. The smallest absolute Gasteiger partial charge is 0.322 e. The van der Waals surface area contributed by atoms with E-state index in [2.05, 4.69) is 31.4 Å². The fourth-order valence-corrected chi connectivity index (χ4v) is 3.92. The molecule has 3 rings (SSSR count). The third kappa shape index (κ3) is 7.40. The van der Waals surface area contributed by atoms with Crippen molar-refractivity contribution in [3.05, 3.63) is 64.3 Å². The van der Waals surface area contributed by atoms with E-state index < -0.39 is 6.03 Å². The van der Waals surface area contributed by atoms with Gasteiger partial charge in [0.2, 0.25) is 5.91 Å². The van der Waals surface area contributed by atoms with Crippen molar-refractivity contribution >= 4 is 46.6 Å². The van der Waals surface area contributed by atoms with E-state index in [0.717, 1.165) is 11.4 Å². The van der Waals surface area contributed by atoms with Crippen molar-refractivity contribution in [3.63, 3.8) is 0 Å². The zero-order valence-corrected chi connectivity index (χ0v) is 23.4. The molecule has 198 valence electrons. The number of methoxy groups -OCH3 is 1. The Balaban J connectivity index is 1.83. The van der Waals surface area contributed by atoms with Crippen LogP contribution in [-0.2, 0) is 10.2 Å². The Hall–Kier alpha value is -3.23. The van der Waals surface area contributed by atoms with E-state index >= 15 is 0 Å². The molecular weight excluding hydrogens is 513 g/mol. The molecule has 1 aromatic heterocycles. The third-order valence-electron chi connectivity index (χ3n) is 5.46. The van der Waals surface area contributed by atoms with Gasteiger partial charge in [-0.25, -0.2) is 9.48 Å². The maximum Gasteiger partial charge on any atom is 0.322 e. The van der Waals surface area contributed by atoms with Gasteiger partial charge in [-0.1, -0.05) is 63.9 Å². The molecule has 0 atom stereocenters. The Morgan fingerprint density at radius 1 is 1.08 bits per heavy atom. The number of carbonyl (C=O) groups excluding carboxylic acids is 2. The summed E-state index contributed by atoms with van der Waals surface area (Å²) in [5.74, 6) is 0.990. The van der Waals surface area contributed by atoms with Crippen molar-refractivity contribution in [1.29, 1.82) is 0 Å². The molecule has 1 heterocycles. The zero-order valence-electron chi connectivity index (χ0n) is 21.9. The van der Waals surface area contributed by atoms with E-state index in [4.69, 9.17) is 33.0 Å². The zero-order chi connectivity index (χ0) is 27.3. The van der Waals surface area contributed by atoms with Crippen LogP contribution in [0.4, 0.5) is 16.3 Å². The number of hydrogen-bond acceptors (Lipinski definition) is 4. The van der Waals surface area contributed by atoms with Gasteiger partial charge in [0.25, 0.3) is 0 Å². The van der Waals surface area contributed by atoms with E-state index in [1.54, 1.807) is 30.0 Å². The molecule has 0 saturated heterocycles. The minimum Gasteiger partial charge on any atom is -0.497 e. The number of nitrogens with zero attached hydrogens (tertiary/aromatic N) is 3. The predicted octanol–water partition coefficient (Wildman–Crippen LogP) is 6.61. The normalized spacial score (nSPS) is 11.4. The summed E-state index contributed by atoms with van der Waals surface area (Å²) in [6.07, 6.45) is 0. The summed E-state index contributed by atoms with van der Waals surface area (Å²) in [7, 11) is 1.60. The minimum absolute atomic E-state index is 0.130. The lowest BCUT2D eigenvalue weighted by Crippen LogP contribution is -2.42. The van der Waals surface area contributed by atoms with E-state index in [0.29, 0.717) is 28.8 Å². The molecule has 0 unspecified atom stereocenters. The summed E-state index contributed by atoms with van der Waals surface area (Å²) >= 11 is 12.3. The van der Waals surface area contributed by atoms with Crippen LogP contribution >= 0.6 is 23.2 Å². The average Bonchev–Trinajstić information content (AvgIpc) is 3.25. The number of amides is 3. The molecule has 0 aliphatic heterocycles. The van der Waals surface area contributed by atoms with E-state index in [1.165, 1.54) is 4.90 Å². The summed E-state index contributed by atoms with van der Waals surface area (Å²) < 4.78 is 6.93. The molecule has 2 N–H and O–H groups in total. The number of carbonyl (C=O) groups is 2. The van der Waals surface area contributed by atoms with Crippen LogP contribution in [0.15, 0.2) is 48.5 Å². The highest BCUT2D eigenvalue weighted by molar-refractivity contribution is 6.43. The van der Waals surface area contributed by atoms with Gasteiger partial charge in [-0.2, -0.15) is 5.10 Å². The van der Waals surface area contributed by atoms with E-state index in [-0.39, 0.29) is 28.8 Å². The van der Waals surface area contributed by atoms with Crippen LogP contribution in [0.1, 0.15) is 40.3 Å². The number of halogens is 2. The second-order valence-corrected chi connectivity index (χ2v) is 10.9. The standard InChI is InChI=1S/C27H33Cl2N5O3/c1-17(2)15-33(26(36)30-21-9-7-8-20(28)25(21)29)16-24(35)31-23-14-22(27(3,4)5)32-34(23)18-10-12-19(37-6)13-11-18/h7-14,17H,15-16H2,1-6H3,(H,30,36)(H,31,35). The molecule has 0 saturated carbocycles. The van der Waals surface area contributed by atoms with Crippen molar-refractivity contribution in [2.45, 2.75) is 40.0 Å². The molecule has 0 radical (unpaired) electrons. The lowest BCUT2D eigenvalue weighted by molar-refractivity contribution is -0.116. The number of rotatable bonds is 8. The molecule has 3 amide bonds. The van der Waals surface area contributed by atoms with Crippen LogP contribution in [0.25, 0.3) is 5.69 Å². The monoisotopic (exact) mass is 545 g/mol. The SMILES string of the molecule is COc1ccc(-n2nc(C(C)(C)C)cc2NC(=O)CN(CC(C)C)C(=O)Nc2cccc(Cl)c2Cl)cc1. The maximum atomic E-state index is 13.2. The van der Waals surface area contributed by atoms with Gasteiger partial charge in [0.1, 0.15) is 18.1 Å². The van der Waals surface area contributed by atoms with Crippen molar-refractivity contribution in [1.82, 2.24) is 14.7 Å². The summed E-state index contributed by atoms with van der Waals surface area (Å²) in [5, 5.41) is 11.0. The molecule has 0 aliphatic rings. The highest BCUT2D eigenvalue weighted by Crippen LogP contribution is 2.30. The second-order valence-electron chi connectivity index (χ2n) is 10.1. The van der Waals surface area contributed by atoms with E-state index in [9.17, 15) is 9.59 Å². The first-order chi connectivity index (χ1) is 17.4. The summed E-state index contributed by atoms with van der Waals surface area (Å²) in [6, 6.07) is 13.8. The highest BCUT2D eigenvalue weighted by atomic mass is 35.5. The predicted molar refractivity (Wildman–Crippen MR) is 149 cm³/mol. The molecule has 3 aromatic rings. The first-order valence-electron chi connectivity index (χ1n) is 11.9. The highest BCUT2D eigenvalue weighted by Gasteiger charge is 2.24. The number of hydrogen-bond donors (Lipinski definition) is 2. The Kier molecular flexibility index (Phi) is 9.10. The van der Waals surface area contributed by atoms with Gasteiger partial charge >= 0.3 is 6.03 Å². The van der Waals surface area contributed by atoms with Crippen molar-refractivity contribution in [2.75, 3.05) is 30.8 Å². The lowest BCUT2D eigenvalue weighted by atomic mass is 9.92. The van der Waals surface area contributed by atoms with Crippen LogP contribution in [0, 0.1) is 5.92 Å². The Morgan fingerprint density at radius 2 is 1.76 bits per heavy atom. The molecular formula is C27H33Cl2N5O3. The van der Waals surface area contributed by atoms with Gasteiger partial charge in [0.05, 0.1) is 34.2 Å². The second kappa shape index (κ2) is 11.9. The summed E-state index contributed by atoms with van der Waals surface area (Å²) in [4.78, 5) is 27.7. The van der Waals surface area contributed by atoms with Crippen LogP contribution in [0.5, 0.6) is 5.75 Å². The number of benzene rings is 2. The first-order valence-corrected chi connectivity index (χ1v) is 12.7. The number of urea groups is 1. The van der Waals surface area contributed by atoms with Crippen LogP contribution in [0.2, 0.25) is 10.0 Å². The summed E-state index contributed by atoms with van der Waals surface area (Å²) in [6.45, 7) is 10.3. The third-order valence-corrected chi connectivity index (χ3v) is 6.28. The number of nitrogens with one attached hydrogen (secondary N) is 2. The number of aromatic nitrogens is 2. The van der Waals surface area contributed by atoms with Gasteiger partial charge < -0.3 is 20.3 Å². The molecule has 8 nitrogen and oxygen atoms in total. The average molecular weight is 546 g/mol. The summed E-state index contributed by atoms with van der Waals surface area (Å²) in [5.41, 5.74) is 1.71. The fourth-order valence-electron chi connectivity index (χ4n) is 3.57. The van der Waals surface area contributed by atoms with Gasteiger partial charge in [-0.15, -0.1) is 0 Å². The maximum absolute atomic E-state index is 13.2. The van der Waals surface area contributed by atoms with Crippen molar-refractivity contribution < 1.29 is 14.3 Å². The van der Waals surface area contributed by atoms with Crippen LogP contribution in [0.3, 0.4) is 0 Å². The molecule has 37 heavy (non-hydrogen) atoms. The van der Waals surface area contributed by atoms with Crippen LogP contribution < -0.4 is 15.4 Å². The topological polar surface area (TPSA) is 88.5 Å². The molecule has 2 aromatic carbocycles. The van der Waals surface area contributed by atoms with E-state index in [1.807, 2.05) is 44.2 Å². The molecule has 0 aliphatic carbocycles. The lowest BCUT2D eigenvalue weighted by Gasteiger charge is -2.24. The van der Waals surface area contributed by atoms with Crippen LogP contribution in [-0.4, -0.2) is 46.8 Å². The number of anilines is 2. The van der Waals surface area contributed by atoms with Gasteiger partial charge in [0.15, 0.2) is 0 Å². The van der Waals surface area contributed by atoms with Crippen molar-refractivity contribution in [3.8, 4) is 11.4 Å². The first kappa shape index (κ1) is 28.3. The Labute approximate surface area is 227 Å². The Bertz CT molecular complexity index is 1250. The minimum atomic E-state index is -0.452. The van der Waals surface area contributed by atoms with Gasteiger partial charge in [-0.05, 0) is 42.3 Å². The van der Waals surface area contributed by atoms with Crippen molar-refractivity contribution in [2.24, 2.45) is 5.92 Å². The number of ether oxygens (including phenoxy) is 1.